The summed E-state index contributed by atoms with van der Waals surface area (Å²) in [5.41, 5.74) is 0.506. The summed E-state index contributed by atoms with van der Waals surface area (Å²) in [5.74, 6) is -0.573. The minimum Gasteiger partial charge on any atom is -0.490 e. The van der Waals surface area contributed by atoms with Gasteiger partial charge in [0.2, 0.25) is 10.0 Å². The molecule has 0 saturated heterocycles. The van der Waals surface area contributed by atoms with Crippen molar-refractivity contribution in [1.82, 2.24) is 10.0 Å². The molecule has 9 nitrogen and oxygen atoms in total. The summed E-state index contributed by atoms with van der Waals surface area (Å²) in [7, 11) is -3.65. The molecule has 0 unspecified atom stereocenters. The Balaban J connectivity index is 1.41. The van der Waals surface area contributed by atoms with Gasteiger partial charge < -0.3 is 20.1 Å². The molecule has 0 atom stereocenters. The van der Waals surface area contributed by atoms with Crippen LogP contribution in [0.2, 0.25) is 0 Å². The highest BCUT2D eigenvalue weighted by molar-refractivity contribution is 7.89. The predicted octanol–water partition coefficient (Wildman–Crippen LogP) is 3.79. The zero-order valence-electron chi connectivity index (χ0n) is 18.6. The summed E-state index contributed by atoms with van der Waals surface area (Å²) in [4.78, 5) is 24.1. The van der Waals surface area contributed by atoms with Gasteiger partial charge in [0.25, 0.3) is 5.91 Å². The number of carbonyl (C=O) groups excluding carboxylic acids is 2. The van der Waals surface area contributed by atoms with E-state index < -0.39 is 28.3 Å². The molecule has 1 aliphatic rings. The molecular weight excluding hydrogens is 491 g/mol. The quantitative estimate of drug-likeness (QED) is 0.516. The average Bonchev–Trinajstić information content (AvgIpc) is 2.75. The van der Waals surface area contributed by atoms with E-state index in [0.717, 1.165) is 18.4 Å². The van der Waals surface area contributed by atoms with Gasteiger partial charge in [-0.15, -0.1) is 13.2 Å². The number of alkyl halides is 3. The molecule has 2 aromatic carbocycles. The summed E-state index contributed by atoms with van der Waals surface area (Å²) >= 11 is 0. The number of nitrogens with one attached hydrogen (secondary N) is 3. The van der Waals surface area contributed by atoms with Crippen LogP contribution in [0.15, 0.2) is 48.5 Å². The summed E-state index contributed by atoms with van der Waals surface area (Å²) in [6, 6.07) is 10.4. The number of urea groups is 1. The van der Waals surface area contributed by atoms with Crippen molar-refractivity contribution in [2.75, 3.05) is 11.6 Å². The summed E-state index contributed by atoms with van der Waals surface area (Å²) in [5, 5.41) is 5.40. The maximum Gasteiger partial charge on any atom is 0.573 e. The lowest BCUT2D eigenvalue weighted by Crippen LogP contribution is -2.41. The lowest BCUT2D eigenvalue weighted by Gasteiger charge is -2.29. The smallest absolute Gasteiger partial charge is 0.490 e. The molecule has 3 N–H and O–H groups in total. The number of anilines is 1. The van der Waals surface area contributed by atoms with Gasteiger partial charge >= 0.3 is 12.4 Å². The standard InChI is InChI=1S/C22H24F3N3O6S/c1-35(31,32)28-20(29)14-2-8-17(9-3-14)33-18-10-4-15(5-11-18)26-21(30)27-16-6-12-19(13-7-16)34-22(23,24)25/h2-3,6-9,12-13,15,18H,4-5,10-11H2,1H3,(H,28,29)(H2,26,27,30). The van der Waals surface area contributed by atoms with Gasteiger partial charge in [-0.2, -0.15) is 0 Å². The summed E-state index contributed by atoms with van der Waals surface area (Å²) in [6.07, 6.45) is -1.32. The van der Waals surface area contributed by atoms with Crippen LogP contribution in [0.25, 0.3) is 0 Å². The van der Waals surface area contributed by atoms with Gasteiger partial charge in [-0.25, -0.2) is 17.9 Å². The largest absolute Gasteiger partial charge is 0.573 e. The Kier molecular flexibility index (Phi) is 8.10. The molecule has 190 valence electrons. The maximum absolute atomic E-state index is 12.2. The van der Waals surface area contributed by atoms with E-state index in [1.165, 1.54) is 24.3 Å². The second-order valence-corrected chi connectivity index (χ2v) is 9.74. The number of rotatable bonds is 7. The molecule has 0 bridgehead atoms. The normalized spacial score (nSPS) is 18.3. The number of hydrogen-bond donors (Lipinski definition) is 3. The molecule has 1 aliphatic carbocycles. The topological polar surface area (TPSA) is 123 Å². The Morgan fingerprint density at radius 2 is 1.49 bits per heavy atom. The lowest BCUT2D eigenvalue weighted by molar-refractivity contribution is -0.274. The fourth-order valence-corrected chi connectivity index (χ4v) is 3.98. The third kappa shape index (κ3) is 9.00. The fourth-order valence-electron chi connectivity index (χ4n) is 3.52. The summed E-state index contributed by atoms with van der Waals surface area (Å²) in [6.45, 7) is 0. The van der Waals surface area contributed by atoms with Crippen LogP contribution < -0.4 is 24.8 Å². The van der Waals surface area contributed by atoms with Crippen LogP contribution in [0.1, 0.15) is 36.0 Å². The molecule has 0 aromatic heterocycles. The number of ether oxygens (including phenoxy) is 2. The van der Waals surface area contributed by atoms with Crippen molar-refractivity contribution in [2.24, 2.45) is 0 Å². The molecule has 0 aliphatic heterocycles. The first-order chi connectivity index (χ1) is 16.4. The Morgan fingerprint density at radius 1 is 0.914 bits per heavy atom. The molecule has 1 saturated carbocycles. The first-order valence-corrected chi connectivity index (χ1v) is 12.5. The highest BCUT2D eigenvalue weighted by Crippen LogP contribution is 2.26. The van der Waals surface area contributed by atoms with E-state index >= 15 is 0 Å². The Hall–Kier alpha value is -3.48. The van der Waals surface area contributed by atoms with Gasteiger partial charge in [-0.1, -0.05) is 0 Å². The molecule has 13 heteroatoms. The molecular formula is C22H24F3N3O6S. The van der Waals surface area contributed by atoms with Crippen LogP contribution >= 0.6 is 0 Å². The van der Waals surface area contributed by atoms with Gasteiger partial charge in [0.05, 0.1) is 12.4 Å². The van der Waals surface area contributed by atoms with E-state index in [9.17, 15) is 31.2 Å². The van der Waals surface area contributed by atoms with Crippen molar-refractivity contribution < 1.29 is 40.7 Å². The maximum atomic E-state index is 12.2. The predicted molar refractivity (Wildman–Crippen MR) is 121 cm³/mol. The minimum absolute atomic E-state index is 0.0898. The third-order valence-electron chi connectivity index (χ3n) is 5.05. The zero-order valence-corrected chi connectivity index (χ0v) is 19.4. The molecule has 0 heterocycles. The molecule has 35 heavy (non-hydrogen) atoms. The number of amides is 3. The molecule has 0 radical (unpaired) electrons. The average molecular weight is 516 g/mol. The van der Waals surface area contributed by atoms with Gasteiger partial charge in [0, 0.05) is 17.3 Å². The highest BCUT2D eigenvalue weighted by atomic mass is 32.2. The fraction of sp³-hybridized carbons (Fsp3) is 0.364. The number of halogens is 3. The van der Waals surface area contributed by atoms with E-state index in [0.29, 0.717) is 37.1 Å². The van der Waals surface area contributed by atoms with Crippen LogP contribution in [0.5, 0.6) is 11.5 Å². The minimum atomic E-state index is -4.78. The van der Waals surface area contributed by atoms with Crippen molar-refractivity contribution in [1.29, 1.82) is 0 Å². The van der Waals surface area contributed by atoms with Gasteiger partial charge in [0.15, 0.2) is 0 Å². The first-order valence-electron chi connectivity index (χ1n) is 10.6. The van der Waals surface area contributed by atoms with Crippen molar-refractivity contribution in [3.8, 4) is 11.5 Å². The molecule has 2 aromatic rings. The third-order valence-corrected chi connectivity index (χ3v) is 5.61. The number of carbonyl (C=O) groups is 2. The second kappa shape index (κ2) is 10.8. The van der Waals surface area contributed by atoms with Crippen molar-refractivity contribution in [3.63, 3.8) is 0 Å². The van der Waals surface area contributed by atoms with E-state index in [1.807, 2.05) is 4.72 Å². The van der Waals surface area contributed by atoms with Crippen LogP contribution in [-0.2, 0) is 10.0 Å². The zero-order chi connectivity index (χ0) is 25.6. The van der Waals surface area contributed by atoms with Crippen LogP contribution in [0, 0.1) is 0 Å². The van der Waals surface area contributed by atoms with Gasteiger partial charge in [-0.3, -0.25) is 4.79 Å². The van der Waals surface area contributed by atoms with E-state index in [1.54, 1.807) is 12.1 Å². The molecule has 0 spiro atoms. The van der Waals surface area contributed by atoms with E-state index in [2.05, 4.69) is 15.4 Å². The van der Waals surface area contributed by atoms with Crippen molar-refractivity contribution >= 4 is 27.6 Å². The Labute approximate surface area is 200 Å². The van der Waals surface area contributed by atoms with E-state index in [4.69, 9.17) is 4.74 Å². The lowest BCUT2D eigenvalue weighted by atomic mass is 9.93. The molecule has 1 fully saturated rings. The second-order valence-electron chi connectivity index (χ2n) is 7.99. The van der Waals surface area contributed by atoms with Gasteiger partial charge in [-0.05, 0) is 74.2 Å². The van der Waals surface area contributed by atoms with Crippen molar-refractivity contribution in [3.05, 3.63) is 54.1 Å². The Morgan fingerprint density at radius 3 is 2.03 bits per heavy atom. The first kappa shape index (κ1) is 26.1. The summed E-state index contributed by atoms with van der Waals surface area (Å²) < 4.78 is 70.5. The number of hydrogen-bond acceptors (Lipinski definition) is 6. The monoisotopic (exact) mass is 515 g/mol. The number of sulfonamides is 1. The van der Waals surface area contributed by atoms with Crippen LogP contribution in [0.3, 0.4) is 0 Å². The van der Waals surface area contributed by atoms with E-state index in [-0.39, 0.29) is 23.5 Å². The van der Waals surface area contributed by atoms with Crippen molar-refractivity contribution in [2.45, 2.75) is 44.2 Å². The van der Waals surface area contributed by atoms with Crippen LogP contribution in [0.4, 0.5) is 23.7 Å². The highest BCUT2D eigenvalue weighted by Gasteiger charge is 2.31. The van der Waals surface area contributed by atoms with Gasteiger partial charge in [0.1, 0.15) is 11.5 Å². The number of benzene rings is 2. The SMILES string of the molecule is CS(=O)(=O)NC(=O)c1ccc(OC2CCC(NC(=O)Nc3ccc(OC(F)(F)F)cc3)CC2)cc1. The Bertz CT molecular complexity index is 1130. The van der Waals surface area contributed by atoms with Crippen LogP contribution in [-0.4, -0.2) is 45.1 Å². The molecule has 3 amide bonds. The molecule has 3 rings (SSSR count).